The summed E-state index contributed by atoms with van der Waals surface area (Å²) in [4.78, 5) is 15.8. The van der Waals surface area contributed by atoms with Gasteiger partial charge in [0.15, 0.2) is 25.0 Å². The molecule has 4 saturated carbocycles. The van der Waals surface area contributed by atoms with Crippen LogP contribution in [0.1, 0.15) is 106 Å². The average molecular weight is 1060 g/mol. The van der Waals surface area contributed by atoms with E-state index in [1.54, 1.807) is 0 Å². The molecule has 22 heteroatoms. The van der Waals surface area contributed by atoms with Gasteiger partial charge in [-0.05, 0) is 104 Å². The maximum absolute atomic E-state index is 15.8. The molecule has 5 aliphatic carbocycles. The van der Waals surface area contributed by atoms with Gasteiger partial charge in [-0.15, -0.1) is 0 Å². The normalized spacial score (nSPS) is 55.4. The van der Waals surface area contributed by atoms with Crippen LogP contribution in [0.15, 0.2) is 11.6 Å². The van der Waals surface area contributed by atoms with Crippen molar-refractivity contribution in [3.63, 3.8) is 0 Å². The van der Waals surface area contributed by atoms with Gasteiger partial charge in [0, 0.05) is 5.41 Å². The van der Waals surface area contributed by atoms with E-state index in [2.05, 4.69) is 40.7 Å². The number of hydrogen-bond acceptors (Lipinski definition) is 22. The van der Waals surface area contributed by atoms with Crippen molar-refractivity contribution >= 4 is 5.97 Å². The molecule has 4 aliphatic heterocycles. The number of carbonyl (C=O) groups is 1. The van der Waals surface area contributed by atoms with Crippen molar-refractivity contribution in [1.29, 1.82) is 0 Å². The number of esters is 1. The van der Waals surface area contributed by atoms with Crippen LogP contribution in [-0.4, -0.2) is 222 Å². The molecule has 28 atom stereocenters. The Morgan fingerprint density at radius 3 is 1.91 bits per heavy atom. The molecular weight excluding hydrogens is 977 g/mol. The van der Waals surface area contributed by atoms with Gasteiger partial charge in [-0.25, -0.2) is 0 Å². The maximum atomic E-state index is 15.8. The average Bonchev–Trinajstić information content (AvgIpc) is 3.35. The number of ether oxygens (including phenoxy) is 8. The molecule has 424 valence electrons. The quantitative estimate of drug-likeness (QED) is 0.0849. The minimum atomic E-state index is -1.92. The highest BCUT2D eigenvalue weighted by Gasteiger charge is 2.71. The fraction of sp³-hybridized carbons (Fsp3) is 0.942. The number of aliphatic hydroxyl groups excluding tert-OH is 13. The van der Waals surface area contributed by atoms with Gasteiger partial charge in [0.05, 0.1) is 50.2 Å². The maximum Gasteiger partial charge on any atom is 0.315 e. The molecule has 13 N–H and O–H groups in total. The van der Waals surface area contributed by atoms with E-state index in [9.17, 15) is 66.4 Å². The molecule has 4 heterocycles. The molecule has 0 spiro atoms. The molecule has 0 aromatic heterocycles. The van der Waals surface area contributed by atoms with Gasteiger partial charge in [-0.3, -0.25) is 4.79 Å². The number of fused-ring (bicyclic) bond motifs is 7. The number of carbonyl (C=O) groups excluding carboxylic acids is 1. The molecule has 9 aliphatic rings. The van der Waals surface area contributed by atoms with Gasteiger partial charge in [0.25, 0.3) is 0 Å². The first-order chi connectivity index (χ1) is 34.6. The Bertz CT molecular complexity index is 2050. The van der Waals surface area contributed by atoms with Crippen LogP contribution < -0.4 is 0 Å². The summed E-state index contributed by atoms with van der Waals surface area (Å²) in [7, 11) is 0. The van der Waals surface area contributed by atoms with Gasteiger partial charge >= 0.3 is 5.97 Å². The summed E-state index contributed by atoms with van der Waals surface area (Å²) in [5.41, 5.74) is -2.35. The molecule has 0 aromatic carbocycles. The zero-order valence-corrected chi connectivity index (χ0v) is 43.5. The fourth-order valence-corrected chi connectivity index (χ4v) is 15.9. The molecule has 74 heavy (non-hydrogen) atoms. The highest BCUT2D eigenvalue weighted by Crippen LogP contribution is 2.76. The zero-order chi connectivity index (χ0) is 54.0. The Hall–Kier alpha value is -1.59. The molecule has 8 fully saturated rings. The van der Waals surface area contributed by atoms with E-state index in [1.165, 1.54) is 6.92 Å². The smallest absolute Gasteiger partial charge is 0.315 e. The van der Waals surface area contributed by atoms with Crippen molar-refractivity contribution in [2.45, 2.75) is 229 Å². The summed E-state index contributed by atoms with van der Waals surface area (Å²) < 4.78 is 48.3. The second kappa shape index (κ2) is 20.5. The Kier molecular flexibility index (Phi) is 15.8. The monoisotopic (exact) mass is 1060 g/mol. The minimum absolute atomic E-state index is 0.0616. The third-order valence-electron chi connectivity index (χ3n) is 20.7. The van der Waals surface area contributed by atoms with E-state index in [4.69, 9.17) is 37.9 Å². The molecule has 22 nitrogen and oxygen atoms in total. The molecular formula is C52H84O22. The molecule has 0 amide bonds. The SMILES string of the molecule is CC1OC(OC2C(OC(=O)C34CCC(C)(C)CC3C3=CCC5C6(C)CC(O)C(O)C(C)(CO)C6CCC5(C)C3(C)CC4)OC(COC3OCC(O)C(O)C3O)C(O)C2OC2OCC(O)C(O)C2O)C(O)C(O)C1O. The highest BCUT2D eigenvalue weighted by molar-refractivity contribution is 5.79. The Balaban J connectivity index is 1.08. The van der Waals surface area contributed by atoms with Gasteiger partial charge in [0.2, 0.25) is 6.29 Å². The standard InChI is InChI=1S/C52H84O22/c1-22-31(57)35(61)38(64)44(70-22)73-40-39(72-43-37(63)33(59)27(56)19-68-43)34(60)28(20-69-42-36(62)32(58)26(55)18-67-42)71-45(40)74-46(66)52-14-12-47(2,3)16-24(52)23-8-9-30-48(4)17-25(54)41(65)49(5,21-53)29(48)10-11-51(30,7)50(23,6)13-15-52/h8,22,24-45,53-65H,9-21H2,1-7H3. The molecule has 0 bridgehead atoms. The van der Waals surface area contributed by atoms with Gasteiger partial charge in [-0.2, -0.15) is 0 Å². The van der Waals surface area contributed by atoms with Crippen LogP contribution >= 0.6 is 0 Å². The van der Waals surface area contributed by atoms with Crippen LogP contribution in [0.4, 0.5) is 0 Å². The number of allylic oxidation sites excluding steroid dienone is 2. The van der Waals surface area contributed by atoms with Crippen molar-refractivity contribution in [3.05, 3.63) is 11.6 Å². The van der Waals surface area contributed by atoms with E-state index in [0.29, 0.717) is 44.9 Å². The summed E-state index contributed by atoms with van der Waals surface area (Å²) in [6, 6.07) is 0. The minimum Gasteiger partial charge on any atom is -0.432 e. The number of aliphatic hydroxyl groups is 13. The van der Waals surface area contributed by atoms with Crippen LogP contribution in [-0.2, 0) is 42.7 Å². The lowest BCUT2D eigenvalue weighted by Gasteiger charge is -2.71. The predicted molar refractivity (Wildman–Crippen MR) is 252 cm³/mol. The summed E-state index contributed by atoms with van der Waals surface area (Å²) in [6.45, 7) is 12.6. The topological polar surface area (TPSA) is 354 Å². The summed E-state index contributed by atoms with van der Waals surface area (Å²) >= 11 is 0. The van der Waals surface area contributed by atoms with Crippen molar-refractivity contribution in [1.82, 2.24) is 0 Å². The Morgan fingerprint density at radius 1 is 0.635 bits per heavy atom. The third-order valence-corrected chi connectivity index (χ3v) is 20.7. The zero-order valence-electron chi connectivity index (χ0n) is 43.5. The summed E-state index contributed by atoms with van der Waals surface area (Å²) in [5.74, 6) is -1.03. The first-order valence-corrected chi connectivity index (χ1v) is 26.7. The second-order valence-corrected chi connectivity index (χ2v) is 25.4. The highest BCUT2D eigenvalue weighted by atomic mass is 16.8. The van der Waals surface area contributed by atoms with Crippen LogP contribution in [0.5, 0.6) is 0 Å². The fourth-order valence-electron chi connectivity index (χ4n) is 15.9. The number of hydrogen-bond donors (Lipinski definition) is 13. The van der Waals surface area contributed by atoms with Gasteiger partial charge in [-0.1, -0.05) is 53.2 Å². The lowest BCUT2D eigenvalue weighted by atomic mass is 9.33. The van der Waals surface area contributed by atoms with Crippen LogP contribution in [0.3, 0.4) is 0 Å². The molecule has 4 saturated heterocycles. The second-order valence-electron chi connectivity index (χ2n) is 25.4. The van der Waals surface area contributed by atoms with Crippen LogP contribution in [0, 0.1) is 50.2 Å². The van der Waals surface area contributed by atoms with Crippen LogP contribution in [0.2, 0.25) is 0 Å². The van der Waals surface area contributed by atoms with E-state index in [1.807, 2.05) is 6.92 Å². The Labute approximate surface area is 431 Å². The van der Waals surface area contributed by atoms with Crippen LogP contribution in [0.25, 0.3) is 0 Å². The van der Waals surface area contributed by atoms with E-state index in [0.717, 1.165) is 18.4 Å². The molecule has 0 aromatic rings. The largest absolute Gasteiger partial charge is 0.432 e. The lowest BCUT2D eigenvalue weighted by molar-refractivity contribution is -0.385. The van der Waals surface area contributed by atoms with E-state index in [-0.39, 0.29) is 35.2 Å². The van der Waals surface area contributed by atoms with Crippen molar-refractivity contribution in [2.75, 3.05) is 26.4 Å². The molecule has 9 rings (SSSR count). The van der Waals surface area contributed by atoms with Crippen molar-refractivity contribution in [3.8, 4) is 0 Å². The van der Waals surface area contributed by atoms with Crippen molar-refractivity contribution < 1.29 is 109 Å². The lowest BCUT2D eigenvalue weighted by Crippen LogP contribution is -2.68. The van der Waals surface area contributed by atoms with E-state index < -0.39 is 170 Å². The number of rotatable bonds is 10. The summed E-state index contributed by atoms with van der Waals surface area (Å²) in [5, 5.41) is 142. The van der Waals surface area contributed by atoms with E-state index >= 15 is 4.79 Å². The third kappa shape index (κ3) is 9.16. The van der Waals surface area contributed by atoms with Gasteiger partial charge < -0.3 is 104 Å². The first kappa shape index (κ1) is 57.1. The first-order valence-electron chi connectivity index (χ1n) is 26.7. The molecule has 28 unspecified atom stereocenters. The molecule has 0 radical (unpaired) electrons. The Morgan fingerprint density at radius 2 is 1.24 bits per heavy atom. The van der Waals surface area contributed by atoms with Gasteiger partial charge in [0.1, 0.15) is 73.2 Å². The summed E-state index contributed by atoms with van der Waals surface area (Å²) in [6.07, 6.45) is -25.1. The predicted octanol–water partition coefficient (Wildman–Crippen LogP) is -1.79. The van der Waals surface area contributed by atoms with Crippen molar-refractivity contribution in [2.24, 2.45) is 50.2 Å².